The summed E-state index contributed by atoms with van der Waals surface area (Å²) >= 11 is 6.59. The highest BCUT2D eigenvalue weighted by atomic mass is 35.5. The SMILES string of the molecule is CCc1cc(OC)c(OC)c(CC2CCNCC2)c1Cl. The van der Waals surface area contributed by atoms with Crippen molar-refractivity contribution >= 4 is 11.6 Å². The zero-order chi connectivity index (χ0) is 14.5. The number of hydrogen-bond donors (Lipinski definition) is 1. The zero-order valence-corrected chi connectivity index (χ0v) is 13.3. The third-order valence-electron chi connectivity index (χ3n) is 4.11. The van der Waals surface area contributed by atoms with E-state index in [4.69, 9.17) is 21.1 Å². The Kier molecular flexibility index (Phi) is 5.55. The van der Waals surface area contributed by atoms with Crippen LogP contribution in [0, 0.1) is 5.92 Å². The van der Waals surface area contributed by atoms with Crippen molar-refractivity contribution in [2.45, 2.75) is 32.6 Å². The van der Waals surface area contributed by atoms with Crippen LogP contribution in [0.15, 0.2) is 6.07 Å². The molecule has 1 fully saturated rings. The van der Waals surface area contributed by atoms with Crippen molar-refractivity contribution in [1.82, 2.24) is 5.32 Å². The maximum absolute atomic E-state index is 6.59. The predicted octanol–water partition coefficient (Wildman–Crippen LogP) is 3.46. The molecule has 0 bridgehead atoms. The number of nitrogens with one attached hydrogen (secondary N) is 1. The molecule has 1 heterocycles. The fourth-order valence-electron chi connectivity index (χ4n) is 2.92. The third kappa shape index (κ3) is 3.21. The molecule has 1 aliphatic heterocycles. The van der Waals surface area contributed by atoms with Gasteiger partial charge in [-0.3, -0.25) is 0 Å². The largest absolute Gasteiger partial charge is 0.493 e. The van der Waals surface area contributed by atoms with Gasteiger partial charge < -0.3 is 14.8 Å². The van der Waals surface area contributed by atoms with Crippen LogP contribution < -0.4 is 14.8 Å². The van der Waals surface area contributed by atoms with Gasteiger partial charge in [0.2, 0.25) is 0 Å². The van der Waals surface area contributed by atoms with Gasteiger partial charge in [-0.2, -0.15) is 0 Å². The van der Waals surface area contributed by atoms with E-state index in [0.29, 0.717) is 5.92 Å². The number of hydrogen-bond acceptors (Lipinski definition) is 3. The Morgan fingerprint density at radius 2 is 1.95 bits per heavy atom. The summed E-state index contributed by atoms with van der Waals surface area (Å²) in [5.41, 5.74) is 2.24. The average molecular weight is 298 g/mol. The second-order valence-corrected chi connectivity index (χ2v) is 5.69. The number of methoxy groups -OCH3 is 2. The molecular weight excluding hydrogens is 274 g/mol. The van der Waals surface area contributed by atoms with E-state index >= 15 is 0 Å². The number of ether oxygens (including phenoxy) is 2. The fraction of sp³-hybridized carbons (Fsp3) is 0.625. The fourth-order valence-corrected chi connectivity index (χ4v) is 3.27. The number of halogens is 1. The van der Waals surface area contributed by atoms with Crippen molar-refractivity contribution < 1.29 is 9.47 Å². The van der Waals surface area contributed by atoms with E-state index < -0.39 is 0 Å². The van der Waals surface area contributed by atoms with E-state index in [1.807, 2.05) is 6.07 Å². The molecule has 1 aromatic carbocycles. The van der Waals surface area contributed by atoms with E-state index in [0.717, 1.165) is 53.6 Å². The second kappa shape index (κ2) is 7.19. The van der Waals surface area contributed by atoms with Gasteiger partial charge in [-0.05, 0) is 56.3 Å². The molecule has 0 saturated carbocycles. The Labute approximate surface area is 126 Å². The highest BCUT2D eigenvalue weighted by Crippen LogP contribution is 2.40. The lowest BCUT2D eigenvalue weighted by atomic mass is 9.89. The first-order valence-corrected chi connectivity index (χ1v) is 7.72. The summed E-state index contributed by atoms with van der Waals surface area (Å²) in [6.07, 6.45) is 4.25. The van der Waals surface area contributed by atoms with Crippen LogP contribution in [0.5, 0.6) is 11.5 Å². The number of aryl methyl sites for hydroxylation is 1. The van der Waals surface area contributed by atoms with E-state index in [1.165, 1.54) is 12.8 Å². The van der Waals surface area contributed by atoms with Crippen molar-refractivity contribution in [1.29, 1.82) is 0 Å². The highest BCUT2D eigenvalue weighted by molar-refractivity contribution is 6.32. The van der Waals surface area contributed by atoms with Gasteiger partial charge in [-0.1, -0.05) is 18.5 Å². The predicted molar refractivity (Wildman–Crippen MR) is 83.2 cm³/mol. The minimum atomic E-state index is 0.666. The van der Waals surface area contributed by atoms with Crippen LogP contribution in [0.25, 0.3) is 0 Å². The monoisotopic (exact) mass is 297 g/mol. The lowest BCUT2D eigenvalue weighted by molar-refractivity contribution is 0.339. The first-order valence-electron chi connectivity index (χ1n) is 7.34. The van der Waals surface area contributed by atoms with Crippen molar-refractivity contribution in [2.75, 3.05) is 27.3 Å². The standard InChI is InChI=1S/C16H24ClNO2/c1-4-12-10-14(19-2)16(20-3)13(15(12)17)9-11-5-7-18-8-6-11/h10-11,18H,4-9H2,1-3H3. The molecule has 0 aliphatic carbocycles. The quantitative estimate of drug-likeness (QED) is 0.903. The molecule has 112 valence electrons. The molecule has 0 unspecified atom stereocenters. The van der Waals surface area contributed by atoms with Gasteiger partial charge in [0.25, 0.3) is 0 Å². The molecule has 0 amide bonds. The summed E-state index contributed by atoms with van der Waals surface area (Å²) in [6.45, 7) is 4.30. The van der Waals surface area contributed by atoms with Crippen molar-refractivity contribution in [3.8, 4) is 11.5 Å². The van der Waals surface area contributed by atoms with Gasteiger partial charge in [0.05, 0.1) is 19.2 Å². The van der Waals surface area contributed by atoms with Gasteiger partial charge in [0, 0.05) is 5.56 Å². The summed E-state index contributed by atoms with van der Waals surface area (Å²) in [4.78, 5) is 0. The molecule has 0 radical (unpaired) electrons. The molecule has 3 nitrogen and oxygen atoms in total. The van der Waals surface area contributed by atoms with Gasteiger partial charge in [-0.15, -0.1) is 0 Å². The van der Waals surface area contributed by atoms with Crippen LogP contribution in [0.2, 0.25) is 5.02 Å². The van der Waals surface area contributed by atoms with Crippen LogP contribution in [-0.2, 0) is 12.8 Å². The molecule has 1 saturated heterocycles. The number of piperidine rings is 1. The highest BCUT2D eigenvalue weighted by Gasteiger charge is 2.22. The van der Waals surface area contributed by atoms with Gasteiger partial charge in [0.1, 0.15) is 0 Å². The average Bonchev–Trinajstić information content (AvgIpc) is 2.50. The molecular formula is C16H24ClNO2. The maximum Gasteiger partial charge on any atom is 0.165 e. The maximum atomic E-state index is 6.59. The molecule has 4 heteroatoms. The molecule has 1 aromatic rings. The lowest BCUT2D eigenvalue weighted by Crippen LogP contribution is -2.28. The number of rotatable bonds is 5. The van der Waals surface area contributed by atoms with Crippen molar-refractivity contribution in [2.24, 2.45) is 5.92 Å². The Morgan fingerprint density at radius 1 is 1.25 bits per heavy atom. The topological polar surface area (TPSA) is 30.5 Å². The van der Waals surface area contributed by atoms with Crippen LogP contribution in [-0.4, -0.2) is 27.3 Å². The summed E-state index contributed by atoms with van der Waals surface area (Å²) in [5, 5.41) is 4.25. The van der Waals surface area contributed by atoms with E-state index in [9.17, 15) is 0 Å². The van der Waals surface area contributed by atoms with Crippen molar-refractivity contribution in [3.05, 3.63) is 22.2 Å². The summed E-state index contributed by atoms with van der Waals surface area (Å²) in [5.74, 6) is 2.25. The third-order valence-corrected chi connectivity index (χ3v) is 4.58. The van der Waals surface area contributed by atoms with Gasteiger partial charge in [-0.25, -0.2) is 0 Å². The Hall–Kier alpha value is -0.930. The minimum absolute atomic E-state index is 0.666. The Bertz CT molecular complexity index is 456. The molecule has 1 aliphatic rings. The first kappa shape index (κ1) is 15.5. The number of benzene rings is 1. The molecule has 2 rings (SSSR count). The van der Waals surface area contributed by atoms with E-state index in [1.54, 1.807) is 14.2 Å². The smallest absolute Gasteiger partial charge is 0.165 e. The van der Waals surface area contributed by atoms with Crippen LogP contribution in [0.3, 0.4) is 0 Å². The molecule has 20 heavy (non-hydrogen) atoms. The molecule has 1 N–H and O–H groups in total. The Balaban J connectivity index is 2.36. The summed E-state index contributed by atoms with van der Waals surface area (Å²) in [6, 6.07) is 1.99. The first-order chi connectivity index (χ1) is 9.71. The molecule has 0 aromatic heterocycles. The molecule has 0 atom stereocenters. The lowest BCUT2D eigenvalue weighted by Gasteiger charge is -2.25. The molecule has 0 spiro atoms. The summed E-state index contributed by atoms with van der Waals surface area (Å²) < 4.78 is 11.0. The van der Waals surface area contributed by atoms with Crippen LogP contribution >= 0.6 is 11.6 Å². The summed E-state index contributed by atoms with van der Waals surface area (Å²) in [7, 11) is 3.37. The van der Waals surface area contributed by atoms with Gasteiger partial charge >= 0.3 is 0 Å². The minimum Gasteiger partial charge on any atom is -0.493 e. The van der Waals surface area contributed by atoms with Crippen molar-refractivity contribution in [3.63, 3.8) is 0 Å². The van der Waals surface area contributed by atoms with Crippen LogP contribution in [0.4, 0.5) is 0 Å². The second-order valence-electron chi connectivity index (χ2n) is 5.31. The van der Waals surface area contributed by atoms with Gasteiger partial charge in [0.15, 0.2) is 11.5 Å². The van der Waals surface area contributed by atoms with E-state index in [-0.39, 0.29) is 0 Å². The zero-order valence-electron chi connectivity index (χ0n) is 12.6. The Morgan fingerprint density at radius 3 is 2.50 bits per heavy atom. The van der Waals surface area contributed by atoms with E-state index in [2.05, 4.69) is 12.2 Å². The normalized spacial score (nSPS) is 16.2. The van der Waals surface area contributed by atoms with Crippen LogP contribution in [0.1, 0.15) is 30.9 Å².